The van der Waals surface area contributed by atoms with E-state index in [1.165, 1.54) is 33.3 Å². The number of benzene rings is 2. The van der Waals surface area contributed by atoms with E-state index >= 15 is 0 Å². The van der Waals surface area contributed by atoms with Crippen molar-refractivity contribution in [3.63, 3.8) is 0 Å². The zero-order valence-electron chi connectivity index (χ0n) is 18.9. The number of rotatable bonds is 11. The molecule has 0 radical (unpaired) electrons. The fourth-order valence-electron chi connectivity index (χ4n) is 2.73. The van der Waals surface area contributed by atoms with E-state index in [0.717, 1.165) is 0 Å². The summed E-state index contributed by atoms with van der Waals surface area (Å²) in [5, 5.41) is 10.8. The van der Waals surface area contributed by atoms with Gasteiger partial charge in [-0.25, -0.2) is 0 Å². The molecule has 2 aromatic rings. The van der Waals surface area contributed by atoms with E-state index in [-0.39, 0.29) is 21.4 Å². The van der Waals surface area contributed by atoms with E-state index in [9.17, 15) is 9.59 Å². The number of ether oxygens (including phenoxy) is 4. The summed E-state index contributed by atoms with van der Waals surface area (Å²) in [6.07, 6.45) is 0. The number of nitrogens with one attached hydrogen (secondary N) is 1. The predicted molar refractivity (Wildman–Crippen MR) is 126 cm³/mol. The molecule has 0 aliphatic heterocycles. The van der Waals surface area contributed by atoms with Crippen molar-refractivity contribution >= 4 is 46.3 Å². The summed E-state index contributed by atoms with van der Waals surface area (Å²) in [6, 6.07) is 4.74. The maximum atomic E-state index is 12.9. The molecule has 0 spiro atoms. The van der Waals surface area contributed by atoms with Crippen LogP contribution in [0.3, 0.4) is 0 Å². The van der Waals surface area contributed by atoms with Crippen LogP contribution in [-0.2, 0) is 9.59 Å². The smallest absolute Gasteiger partial charge is 0.258 e. The second-order valence-corrected chi connectivity index (χ2v) is 7.31. The largest absolute Gasteiger partial charge is 0.497 e. The van der Waals surface area contributed by atoms with Crippen molar-refractivity contribution in [2.75, 3.05) is 32.8 Å². The van der Waals surface area contributed by atoms with Crippen LogP contribution in [0.5, 0.6) is 23.0 Å². The van der Waals surface area contributed by atoms with Crippen molar-refractivity contribution in [3.05, 3.63) is 34.3 Å². The van der Waals surface area contributed by atoms with Gasteiger partial charge in [0.2, 0.25) is 6.04 Å². The monoisotopic (exact) mass is 497 g/mol. The molecule has 0 aliphatic carbocycles. The lowest BCUT2D eigenvalue weighted by atomic mass is 10.2. The summed E-state index contributed by atoms with van der Waals surface area (Å²) in [4.78, 5) is 25.1. The molecule has 0 saturated carbocycles. The third-order valence-corrected chi connectivity index (χ3v) is 4.93. The fraction of sp³-hybridized carbons (Fsp3) is 0.364. The van der Waals surface area contributed by atoms with Gasteiger partial charge in [0.15, 0.2) is 5.78 Å². The second kappa shape index (κ2) is 12.3. The summed E-state index contributed by atoms with van der Waals surface area (Å²) in [6.45, 7) is 5.58. The number of halogens is 2. The number of azo groups is 1. The number of methoxy groups -OCH3 is 2. The fourth-order valence-corrected chi connectivity index (χ4v) is 3.20. The lowest BCUT2D eigenvalue weighted by Crippen LogP contribution is -2.32. The van der Waals surface area contributed by atoms with Crippen molar-refractivity contribution in [3.8, 4) is 23.0 Å². The minimum absolute atomic E-state index is 0.151. The zero-order valence-corrected chi connectivity index (χ0v) is 20.4. The van der Waals surface area contributed by atoms with Crippen LogP contribution >= 0.6 is 23.2 Å². The molecule has 1 amide bonds. The molecule has 2 aromatic carbocycles. The normalized spacial score (nSPS) is 11.7. The van der Waals surface area contributed by atoms with Crippen LogP contribution in [0.1, 0.15) is 20.8 Å². The Hall–Kier alpha value is -3.04. The molecule has 178 valence electrons. The summed E-state index contributed by atoms with van der Waals surface area (Å²) in [5.41, 5.74) is 0.357. The number of carbonyl (C=O) groups is 2. The van der Waals surface area contributed by atoms with Crippen LogP contribution < -0.4 is 24.3 Å². The Balaban J connectivity index is 2.37. The Bertz CT molecular complexity index is 1050. The van der Waals surface area contributed by atoms with Crippen molar-refractivity contribution in [1.82, 2.24) is 0 Å². The number of ketones is 1. The number of nitrogens with zero attached hydrogens (tertiary/aromatic N) is 2. The molecule has 11 heteroatoms. The highest BCUT2D eigenvalue weighted by Gasteiger charge is 2.26. The molecule has 0 aromatic heterocycles. The quantitative estimate of drug-likeness (QED) is 0.324. The van der Waals surface area contributed by atoms with E-state index < -0.39 is 17.7 Å². The molecule has 0 saturated heterocycles. The molecular weight excluding hydrogens is 473 g/mol. The molecule has 0 heterocycles. The van der Waals surface area contributed by atoms with Gasteiger partial charge in [0.25, 0.3) is 5.91 Å². The lowest BCUT2D eigenvalue weighted by molar-refractivity contribution is -0.126. The van der Waals surface area contributed by atoms with Crippen LogP contribution in [-0.4, -0.2) is 45.2 Å². The first kappa shape index (κ1) is 26.2. The van der Waals surface area contributed by atoms with Gasteiger partial charge < -0.3 is 24.3 Å². The molecule has 1 atom stereocenters. The van der Waals surface area contributed by atoms with Gasteiger partial charge in [-0.15, -0.1) is 0 Å². The number of hydrogen-bond donors (Lipinski definition) is 1. The van der Waals surface area contributed by atoms with Crippen molar-refractivity contribution in [2.24, 2.45) is 10.2 Å². The van der Waals surface area contributed by atoms with Gasteiger partial charge in [-0.1, -0.05) is 23.2 Å². The average molecular weight is 498 g/mol. The van der Waals surface area contributed by atoms with Gasteiger partial charge in [0.1, 0.15) is 39.4 Å². The molecule has 33 heavy (non-hydrogen) atoms. The standard InChI is InChI=1S/C22H25Cl2N3O6/c1-6-32-14-8-15(23)21(18(11-14)33-7-2)25-22(29)20(12(3)28)27-26-16-9-13(30-4)10-17(31-5)19(16)24/h8-11,20H,6-7H2,1-5H3,(H,25,29). The minimum atomic E-state index is -1.46. The molecule has 0 bridgehead atoms. The molecule has 0 aliphatic rings. The van der Waals surface area contributed by atoms with E-state index in [0.29, 0.717) is 36.2 Å². The topological polar surface area (TPSA) is 108 Å². The van der Waals surface area contributed by atoms with Crippen molar-refractivity contribution < 1.29 is 28.5 Å². The zero-order chi connectivity index (χ0) is 24.5. The third kappa shape index (κ3) is 6.72. The van der Waals surface area contributed by atoms with E-state index in [4.69, 9.17) is 42.1 Å². The lowest BCUT2D eigenvalue weighted by Gasteiger charge is -2.16. The average Bonchev–Trinajstić information content (AvgIpc) is 2.77. The van der Waals surface area contributed by atoms with Gasteiger partial charge in [-0.3, -0.25) is 9.59 Å². The van der Waals surface area contributed by atoms with Gasteiger partial charge in [-0.2, -0.15) is 10.2 Å². The van der Waals surface area contributed by atoms with Crippen molar-refractivity contribution in [1.29, 1.82) is 0 Å². The highest BCUT2D eigenvalue weighted by Crippen LogP contribution is 2.39. The number of Topliss-reactive ketones (excluding diaryl/α,β-unsaturated/α-hetero) is 1. The Morgan fingerprint density at radius 3 is 2.21 bits per heavy atom. The minimum Gasteiger partial charge on any atom is -0.497 e. The maximum Gasteiger partial charge on any atom is 0.258 e. The van der Waals surface area contributed by atoms with Crippen LogP contribution in [0.25, 0.3) is 0 Å². The van der Waals surface area contributed by atoms with E-state index in [1.54, 1.807) is 19.1 Å². The van der Waals surface area contributed by atoms with Crippen LogP contribution in [0, 0.1) is 0 Å². The number of hydrogen-bond acceptors (Lipinski definition) is 8. The van der Waals surface area contributed by atoms with Gasteiger partial charge in [0, 0.05) is 24.3 Å². The number of carbonyl (C=O) groups excluding carboxylic acids is 2. The first-order valence-corrected chi connectivity index (χ1v) is 10.7. The van der Waals surface area contributed by atoms with E-state index in [2.05, 4.69) is 15.5 Å². The van der Waals surface area contributed by atoms with Gasteiger partial charge >= 0.3 is 0 Å². The Morgan fingerprint density at radius 2 is 1.64 bits per heavy atom. The van der Waals surface area contributed by atoms with Crippen LogP contribution in [0.2, 0.25) is 10.0 Å². The molecular formula is C22H25Cl2N3O6. The second-order valence-electron chi connectivity index (χ2n) is 6.52. The SMILES string of the molecule is CCOc1cc(Cl)c(NC(=O)C(N=Nc2cc(OC)cc(OC)c2Cl)C(C)=O)c(OCC)c1. The molecule has 1 N–H and O–H groups in total. The summed E-state index contributed by atoms with van der Waals surface area (Å²) >= 11 is 12.6. The molecule has 1 unspecified atom stereocenters. The van der Waals surface area contributed by atoms with Gasteiger partial charge in [0.05, 0.1) is 32.5 Å². The van der Waals surface area contributed by atoms with E-state index in [1.807, 2.05) is 6.92 Å². The third-order valence-electron chi connectivity index (χ3n) is 4.25. The van der Waals surface area contributed by atoms with Gasteiger partial charge in [-0.05, 0) is 20.8 Å². The summed E-state index contributed by atoms with van der Waals surface area (Å²) < 4.78 is 21.4. The summed E-state index contributed by atoms with van der Waals surface area (Å²) in [7, 11) is 2.90. The Kier molecular flexibility index (Phi) is 9.74. The Labute approximate surface area is 202 Å². The molecule has 9 nitrogen and oxygen atoms in total. The number of amides is 1. The molecule has 2 rings (SSSR count). The maximum absolute atomic E-state index is 12.9. The first-order chi connectivity index (χ1) is 15.7. The highest BCUT2D eigenvalue weighted by molar-refractivity contribution is 6.35. The van der Waals surface area contributed by atoms with Crippen molar-refractivity contribution in [2.45, 2.75) is 26.8 Å². The number of anilines is 1. The highest BCUT2D eigenvalue weighted by atomic mass is 35.5. The Morgan fingerprint density at radius 1 is 0.970 bits per heavy atom. The van der Waals surface area contributed by atoms with Crippen LogP contribution in [0.15, 0.2) is 34.5 Å². The predicted octanol–water partition coefficient (Wildman–Crippen LogP) is 5.49. The first-order valence-electron chi connectivity index (χ1n) is 9.98. The summed E-state index contributed by atoms with van der Waals surface area (Å²) in [5.74, 6) is 0.203. The molecule has 0 fully saturated rings. The van der Waals surface area contributed by atoms with Crippen LogP contribution in [0.4, 0.5) is 11.4 Å².